The SMILES string of the molecule is N=C(N)c1ccc(NC(=O)CCC(=O)N[C@H]2CC(=O)O[C@H]2c2ccccc2)cc1. The van der Waals surface area contributed by atoms with Crippen molar-refractivity contribution in [3.8, 4) is 0 Å². The van der Waals surface area contributed by atoms with E-state index in [2.05, 4.69) is 10.6 Å². The Morgan fingerprint density at radius 2 is 1.69 bits per heavy atom. The summed E-state index contributed by atoms with van der Waals surface area (Å²) in [4.78, 5) is 36.0. The second-order valence-electron chi connectivity index (χ2n) is 6.74. The molecular formula is C21H22N4O4. The Labute approximate surface area is 167 Å². The van der Waals surface area contributed by atoms with E-state index in [4.69, 9.17) is 15.9 Å². The number of benzene rings is 2. The number of nitrogen functional groups attached to an aromatic ring is 1. The highest BCUT2D eigenvalue weighted by atomic mass is 16.6. The summed E-state index contributed by atoms with van der Waals surface area (Å²) in [5, 5.41) is 12.8. The Bertz CT molecular complexity index is 912. The summed E-state index contributed by atoms with van der Waals surface area (Å²) in [6, 6.07) is 15.3. The molecule has 0 spiro atoms. The number of cyclic esters (lactones) is 1. The number of nitrogens with two attached hydrogens (primary N) is 1. The normalized spacial score (nSPS) is 18.0. The molecule has 1 heterocycles. The van der Waals surface area contributed by atoms with Crippen LogP contribution in [0.5, 0.6) is 0 Å². The minimum absolute atomic E-state index is 0.00216. The number of anilines is 1. The molecule has 150 valence electrons. The first-order valence-corrected chi connectivity index (χ1v) is 9.20. The molecule has 0 aliphatic carbocycles. The summed E-state index contributed by atoms with van der Waals surface area (Å²) in [6.07, 6.45) is -0.442. The van der Waals surface area contributed by atoms with E-state index in [0.29, 0.717) is 11.3 Å². The maximum absolute atomic E-state index is 12.3. The van der Waals surface area contributed by atoms with Gasteiger partial charge in [0.2, 0.25) is 11.8 Å². The number of hydrogen-bond acceptors (Lipinski definition) is 5. The lowest BCUT2D eigenvalue weighted by Gasteiger charge is -2.19. The van der Waals surface area contributed by atoms with E-state index < -0.39 is 12.1 Å². The summed E-state index contributed by atoms with van der Waals surface area (Å²) in [6.45, 7) is 0. The van der Waals surface area contributed by atoms with Crippen LogP contribution in [0.3, 0.4) is 0 Å². The highest BCUT2D eigenvalue weighted by Crippen LogP contribution is 2.29. The number of rotatable bonds is 7. The number of carbonyl (C=O) groups is 3. The van der Waals surface area contributed by atoms with Crippen molar-refractivity contribution in [2.45, 2.75) is 31.4 Å². The van der Waals surface area contributed by atoms with Crippen LogP contribution in [-0.2, 0) is 19.1 Å². The minimum atomic E-state index is -0.527. The number of esters is 1. The lowest BCUT2D eigenvalue weighted by Crippen LogP contribution is -2.37. The van der Waals surface area contributed by atoms with E-state index in [-0.39, 0.29) is 42.9 Å². The number of amidine groups is 1. The molecule has 0 unspecified atom stereocenters. The fourth-order valence-corrected chi connectivity index (χ4v) is 3.09. The van der Waals surface area contributed by atoms with Gasteiger partial charge in [0.1, 0.15) is 11.9 Å². The highest BCUT2D eigenvalue weighted by Gasteiger charge is 2.36. The van der Waals surface area contributed by atoms with Crippen molar-refractivity contribution in [3.05, 3.63) is 65.7 Å². The van der Waals surface area contributed by atoms with Gasteiger partial charge in [-0.1, -0.05) is 30.3 Å². The summed E-state index contributed by atoms with van der Waals surface area (Å²) >= 11 is 0. The monoisotopic (exact) mass is 394 g/mol. The maximum Gasteiger partial charge on any atom is 0.308 e. The third-order valence-corrected chi connectivity index (χ3v) is 4.54. The minimum Gasteiger partial charge on any atom is -0.455 e. The van der Waals surface area contributed by atoms with Crippen molar-refractivity contribution < 1.29 is 19.1 Å². The zero-order valence-electron chi connectivity index (χ0n) is 15.7. The molecule has 8 heteroatoms. The molecule has 0 saturated carbocycles. The molecular weight excluding hydrogens is 372 g/mol. The molecule has 1 aliphatic heterocycles. The molecule has 0 bridgehead atoms. The van der Waals surface area contributed by atoms with Crippen LogP contribution in [0.15, 0.2) is 54.6 Å². The topological polar surface area (TPSA) is 134 Å². The van der Waals surface area contributed by atoms with Crippen LogP contribution < -0.4 is 16.4 Å². The average Bonchev–Trinajstić information content (AvgIpc) is 3.07. The largest absolute Gasteiger partial charge is 0.455 e. The fraction of sp³-hybridized carbons (Fsp3) is 0.238. The molecule has 29 heavy (non-hydrogen) atoms. The molecule has 1 aliphatic rings. The molecule has 1 fully saturated rings. The predicted molar refractivity (Wildman–Crippen MR) is 107 cm³/mol. The van der Waals surface area contributed by atoms with Gasteiger partial charge in [-0.15, -0.1) is 0 Å². The molecule has 1 saturated heterocycles. The predicted octanol–water partition coefficient (Wildman–Crippen LogP) is 1.86. The summed E-state index contributed by atoms with van der Waals surface area (Å²) in [7, 11) is 0. The van der Waals surface area contributed by atoms with Crippen molar-refractivity contribution in [1.82, 2.24) is 5.32 Å². The van der Waals surface area contributed by atoms with Crippen LogP contribution >= 0.6 is 0 Å². The van der Waals surface area contributed by atoms with Crippen molar-refractivity contribution in [2.24, 2.45) is 5.73 Å². The van der Waals surface area contributed by atoms with Gasteiger partial charge in [0, 0.05) is 24.1 Å². The zero-order chi connectivity index (χ0) is 20.8. The molecule has 2 aromatic carbocycles. The van der Waals surface area contributed by atoms with Crippen LogP contribution in [0, 0.1) is 5.41 Å². The van der Waals surface area contributed by atoms with E-state index in [0.717, 1.165) is 5.56 Å². The average molecular weight is 394 g/mol. The standard InChI is InChI=1S/C21H22N4O4/c22-21(23)14-6-8-15(9-7-14)24-17(26)10-11-18(27)25-16-12-19(28)29-20(16)13-4-2-1-3-5-13/h1-9,16,20H,10-12H2,(H3,22,23)(H,24,26)(H,25,27)/t16-,20-/m0/s1. The first-order chi connectivity index (χ1) is 13.9. The second kappa shape index (κ2) is 9.01. The van der Waals surface area contributed by atoms with Crippen LogP contribution in [0.4, 0.5) is 5.69 Å². The van der Waals surface area contributed by atoms with Gasteiger partial charge in [-0.25, -0.2) is 0 Å². The Hall–Kier alpha value is -3.68. The third kappa shape index (κ3) is 5.41. The van der Waals surface area contributed by atoms with Crippen LogP contribution in [0.25, 0.3) is 0 Å². The molecule has 2 atom stereocenters. The first-order valence-electron chi connectivity index (χ1n) is 9.20. The molecule has 2 amide bonds. The highest BCUT2D eigenvalue weighted by molar-refractivity contribution is 5.96. The molecule has 0 aromatic heterocycles. The fourth-order valence-electron chi connectivity index (χ4n) is 3.09. The van der Waals surface area contributed by atoms with Gasteiger partial charge in [-0.2, -0.15) is 0 Å². The summed E-state index contributed by atoms with van der Waals surface area (Å²) < 4.78 is 5.33. The number of carbonyl (C=O) groups excluding carboxylic acids is 3. The Kier molecular flexibility index (Phi) is 6.23. The van der Waals surface area contributed by atoms with E-state index in [1.165, 1.54) is 0 Å². The number of ether oxygens (including phenoxy) is 1. The van der Waals surface area contributed by atoms with Crippen LogP contribution in [-0.4, -0.2) is 29.7 Å². The Balaban J connectivity index is 1.49. The Morgan fingerprint density at radius 3 is 2.34 bits per heavy atom. The second-order valence-corrected chi connectivity index (χ2v) is 6.74. The lowest BCUT2D eigenvalue weighted by atomic mass is 10.0. The molecule has 2 aromatic rings. The molecule has 8 nitrogen and oxygen atoms in total. The van der Waals surface area contributed by atoms with Gasteiger partial charge < -0.3 is 21.1 Å². The lowest BCUT2D eigenvalue weighted by molar-refractivity contribution is -0.141. The van der Waals surface area contributed by atoms with Gasteiger partial charge >= 0.3 is 5.97 Å². The van der Waals surface area contributed by atoms with E-state index in [1.807, 2.05) is 30.3 Å². The van der Waals surface area contributed by atoms with Crippen LogP contribution in [0.2, 0.25) is 0 Å². The first kappa shape index (κ1) is 20.1. The van der Waals surface area contributed by atoms with Gasteiger partial charge in [-0.05, 0) is 29.8 Å². The molecule has 5 N–H and O–H groups in total. The van der Waals surface area contributed by atoms with Gasteiger partial charge in [-0.3, -0.25) is 19.8 Å². The zero-order valence-corrected chi connectivity index (χ0v) is 15.7. The summed E-state index contributed by atoms with van der Waals surface area (Å²) in [5.41, 5.74) is 7.32. The third-order valence-electron chi connectivity index (χ3n) is 4.54. The van der Waals surface area contributed by atoms with Crippen molar-refractivity contribution >= 4 is 29.3 Å². The number of amides is 2. The Morgan fingerprint density at radius 1 is 1.03 bits per heavy atom. The van der Waals surface area contributed by atoms with Gasteiger partial charge in [0.05, 0.1) is 12.5 Å². The number of nitrogens with one attached hydrogen (secondary N) is 3. The van der Waals surface area contributed by atoms with Crippen molar-refractivity contribution in [3.63, 3.8) is 0 Å². The van der Waals surface area contributed by atoms with Crippen molar-refractivity contribution in [2.75, 3.05) is 5.32 Å². The van der Waals surface area contributed by atoms with Crippen LogP contribution in [0.1, 0.15) is 36.5 Å². The smallest absolute Gasteiger partial charge is 0.308 e. The summed E-state index contributed by atoms with van der Waals surface area (Å²) in [5.74, 6) is -1.05. The van der Waals surface area contributed by atoms with Gasteiger partial charge in [0.25, 0.3) is 0 Å². The van der Waals surface area contributed by atoms with Crippen molar-refractivity contribution in [1.29, 1.82) is 5.41 Å². The quantitative estimate of drug-likeness (QED) is 0.323. The molecule has 0 radical (unpaired) electrons. The maximum atomic E-state index is 12.3. The van der Waals surface area contributed by atoms with E-state index in [1.54, 1.807) is 24.3 Å². The molecule has 3 rings (SSSR count). The van der Waals surface area contributed by atoms with E-state index >= 15 is 0 Å². The van der Waals surface area contributed by atoms with Gasteiger partial charge in [0.15, 0.2) is 0 Å². The number of hydrogen-bond donors (Lipinski definition) is 4. The van der Waals surface area contributed by atoms with E-state index in [9.17, 15) is 14.4 Å².